The van der Waals surface area contributed by atoms with E-state index in [9.17, 15) is 13.2 Å². The summed E-state index contributed by atoms with van der Waals surface area (Å²) in [6.45, 7) is 11.0. The van der Waals surface area contributed by atoms with Crippen molar-refractivity contribution in [2.24, 2.45) is 11.8 Å². The number of benzene rings is 1. The zero-order valence-corrected chi connectivity index (χ0v) is 19.6. The molecule has 0 unspecified atom stereocenters. The molecule has 0 radical (unpaired) electrons. The Morgan fingerprint density at radius 2 is 1.70 bits per heavy atom. The molecule has 1 saturated carbocycles. The van der Waals surface area contributed by atoms with Crippen molar-refractivity contribution in [1.29, 1.82) is 0 Å². The minimum atomic E-state index is -3.49. The van der Waals surface area contributed by atoms with Gasteiger partial charge in [0.15, 0.2) is 0 Å². The van der Waals surface area contributed by atoms with Gasteiger partial charge in [-0.15, -0.1) is 0 Å². The van der Waals surface area contributed by atoms with E-state index in [-0.39, 0.29) is 11.9 Å². The summed E-state index contributed by atoms with van der Waals surface area (Å²) in [5.74, 6) is 1.58. The van der Waals surface area contributed by atoms with Gasteiger partial charge in [0, 0.05) is 32.2 Å². The Morgan fingerprint density at radius 1 is 1.07 bits per heavy atom. The predicted molar refractivity (Wildman–Crippen MR) is 120 cm³/mol. The highest BCUT2D eigenvalue weighted by atomic mass is 32.2. The first-order valence-electron chi connectivity index (χ1n) is 11.3. The number of nitrogens with one attached hydrogen (secondary N) is 1. The molecule has 6 nitrogen and oxygen atoms in total. The van der Waals surface area contributed by atoms with Crippen LogP contribution in [0.5, 0.6) is 0 Å². The zero-order valence-electron chi connectivity index (χ0n) is 18.8. The zero-order chi connectivity index (χ0) is 21.9. The lowest BCUT2D eigenvalue weighted by molar-refractivity contribution is -0.124. The van der Waals surface area contributed by atoms with Gasteiger partial charge in [-0.05, 0) is 41.9 Å². The average Bonchev–Trinajstić information content (AvgIpc) is 2.72. The third-order valence-electron chi connectivity index (χ3n) is 6.94. The van der Waals surface area contributed by atoms with Gasteiger partial charge in [-0.25, -0.2) is 8.42 Å². The molecule has 30 heavy (non-hydrogen) atoms. The van der Waals surface area contributed by atoms with Gasteiger partial charge in [0.1, 0.15) is 0 Å². The smallest absolute Gasteiger partial charge is 0.243 e. The Hall–Kier alpha value is -1.44. The van der Waals surface area contributed by atoms with Crippen molar-refractivity contribution in [2.75, 3.05) is 32.7 Å². The van der Waals surface area contributed by atoms with Crippen molar-refractivity contribution in [3.8, 4) is 0 Å². The van der Waals surface area contributed by atoms with Crippen molar-refractivity contribution >= 4 is 15.9 Å². The molecule has 1 heterocycles. The highest BCUT2D eigenvalue weighted by Gasteiger charge is 2.31. The predicted octanol–water partition coefficient (Wildman–Crippen LogP) is 3.06. The molecule has 1 aromatic rings. The van der Waals surface area contributed by atoms with Gasteiger partial charge in [0.05, 0.1) is 11.4 Å². The first-order valence-corrected chi connectivity index (χ1v) is 12.7. The third kappa shape index (κ3) is 5.42. The van der Waals surface area contributed by atoms with E-state index in [4.69, 9.17) is 0 Å². The summed E-state index contributed by atoms with van der Waals surface area (Å²) in [4.78, 5) is 14.9. The number of sulfonamides is 1. The van der Waals surface area contributed by atoms with Crippen LogP contribution in [-0.2, 0) is 14.8 Å². The van der Waals surface area contributed by atoms with Crippen LogP contribution >= 0.6 is 0 Å². The first kappa shape index (κ1) is 23.2. The molecule has 2 aliphatic rings. The molecule has 3 rings (SSSR count). The Morgan fingerprint density at radius 3 is 2.30 bits per heavy atom. The fraction of sp³-hybridized carbons (Fsp3) is 0.696. The van der Waals surface area contributed by atoms with Crippen molar-refractivity contribution in [3.63, 3.8) is 0 Å². The van der Waals surface area contributed by atoms with Crippen LogP contribution < -0.4 is 5.32 Å². The summed E-state index contributed by atoms with van der Waals surface area (Å²) >= 11 is 0. The van der Waals surface area contributed by atoms with Gasteiger partial charge < -0.3 is 5.32 Å². The SMILES string of the molecule is CC(C)c1ccc(S(=O)(=O)N2CCN(CC(=O)N[C@@H]3CCC[C@@H](C)[C@@H]3C)CC2)cc1. The van der Waals surface area contributed by atoms with Crippen LogP contribution in [-0.4, -0.2) is 62.3 Å². The Kier molecular flexibility index (Phi) is 7.58. The Bertz CT molecular complexity index is 815. The lowest BCUT2D eigenvalue weighted by Gasteiger charge is -2.36. The number of rotatable bonds is 6. The lowest BCUT2D eigenvalue weighted by Crippen LogP contribution is -2.52. The van der Waals surface area contributed by atoms with Crippen molar-refractivity contribution in [1.82, 2.24) is 14.5 Å². The second kappa shape index (κ2) is 9.79. The highest BCUT2D eigenvalue weighted by Crippen LogP contribution is 2.29. The molecule has 0 spiro atoms. The Labute approximate surface area is 182 Å². The quantitative estimate of drug-likeness (QED) is 0.746. The molecule has 1 saturated heterocycles. The topological polar surface area (TPSA) is 69.7 Å². The van der Waals surface area contributed by atoms with E-state index in [1.165, 1.54) is 17.1 Å². The molecule has 1 aromatic carbocycles. The van der Waals surface area contributed by atoms with E-state index in [0.717, 1.165) is 12.0 Å². The maximum atomic E-state index is 13.0. The molecule has 0 bridgehead atoms. The highest BCUT2D eigenvalue weighted by molar-refractivity contribution is 7.89. The maximum Gasteiger partial charge on any atom is 0.243 e. The molecule has 0 aromatic heterocycles. The molecule has 1 amide bonds. The summed E-state index contributed by atoms with van der Waals surface area (Å²) in [5.41, 5.74) is 1.13. The molecule has 168 valence electrons. The molecule has 7 heteroatoms. The normalized spacial score (nSPS) is 26.6. The van der Waals surface area contributed by atoms with E-state index >= 15 is 0 Å². The number of nitrogens with zero attached hydrogens (tertiary/aromatic N) is 2. The molecular formula is C23H37N3O3S. The summed E-state index contributed by atoms with van der Waals surface area (Å²) < 4.78 is 27.4. The van der Waals surface area contributed by atoms with Gasteiger partial charge in [-0.2, -0.15) is 4.31 Å². The van der Waals surface area contributed by atoms with Gasteiger partial charge in [-0.3, -0.25) is 9.69 Å². The fourth-order valence-corrected chi connectivity index (χ4v) is 5.97. The van der Waals surface area contributed by atoms with Crippen molar-refractivity contribution < 1.29 is 13.2 Å². The van der Waals surface area contributed by atoms with Crippen LogP contribution in [0, 0.1) is 11.8 Å². The molecule has 2 fully saturated rings. The maximum absolute atomic E-state index is 13.0. The minimum Gasteiger partial charge on any atom is -0.352 e. The van der Waals surface area contributed by atoms with Crippen LogP contribution in [0.4, 0.5) is 0 Å². The van der Waals surface area contributed by atoms with Gasteiger partial charge >= 0.3 is 0 Å². The summed E-state index contributed by atoms with van der Waals surface area (Å²) in [7, 11) is -3.49. The van der Waals surface area contributed by atoms with E-state index in [2.05, 4.69) is 37.9 Å². The van der Waals surface area contributed by atoms with E-state index in [1.54, 1.807) is 12.1 Å². The van der Waals surface area contributed by atoms with Crippen LogP contribution in [0.25, 0.3) is 0 Å². The van der Waals surface area contributed by atoms with Crippen LogP contribution in [0.2, 0.25) is 0 Å². The summed E-state index contributed by atoms with van der Waals surface area (Å²) in [6, 6.07) is 7.46. The van der Waals surface area contributed by atoms with Crippen molar-refractivity contribution in [3.05, 3.63) is 29.8 Å². The summed E-state index contributed by atoms with van der Waals surface area (Å²) in [5, 5.41) is 3.22. The number of amides is 1. The standard InChI is InChI=1S/C23H37N3O3S/c1-17(2)20-8-10-21(11-9-20)30(28,29)26-14-12-25(13-15-26)16-23(27)24-22-7-5-6-18(3)19(22)4/h8-11,17-19,22H,5-7,12-16H2,1-4H3,(H,24,27)/t18-,19+,22-/m1/s1. The number of hydrogen-bond acceptors (Lipinski definition) is 4. The lowest BCUT2D eigenvalue weighted by atomic mass is 9.78. The Balaban J connectivity index is 1.51. The number of piperazine rings is 1. The average molecular weight is 436 g/mol. The van der Waals surface area contributed by atoms with Crippen LogP contribution in [0.15, 0.2) is 29.2 Å². The number of carbonyl (C=O) groups excluding carboxylic acids is 1. The monoisotopic (exact) mass is 435 g/mol. The molecule has 1 N–H and O–H groups in total. The third-order valence-corrected chi connectivity index (χ3v) is 8.85. The van der Waals surface area contributed by atoms with Crippen LogP contribution in [0.1, 0.15) is 58.4 Å². The van der Waals surface area contributed by atoms with E-state index in [0.29, 0.717) is 55.4 Å². The fourth-order valence-electron chi connectivity index (χ4n) is 4.54. The van der Waals surface area contributed by atoms with Crippen molar-refractivity contribution in [2.45, 2.75) is 63.8 Å². The number of carbonyl (C=O) groups is 1. The molecule has 1 aliphatic heterocycles. The largest absolute Gasteiger partial charge is 0.352 e. The summed E-state index contributed by atoms with van der Waals surface area (Å²) in [6.07, 6.45) is 3.47. The van der Waals surface area contributed by atoms with Gasteiger partial charge in [-0.1, -0.05) is 52.7 Å². The molecule has 3 atom stereocenters. The number of hydrogen-bond donors (Lipinski definition) is 1. The van der Waals surface area contributed by atoms with Crippen LogP contribution in [0.3, 0.4) is 0 Å². The van der Waals surface area contributed by atoms with Gasteiger partial charge in [0.2, 0.25) is 15.9 Å². The van der Waals surface area contributed by atoms with E-state index < -0.39 is 10.0 Å². The first-order chi connectivity index (χ1) is 14.2. The molecule has 1 aliphatic carbocycles. The minimum absolute atomic E-state index is 0.0570. The second-order valence-corrected chi connectivity index (χ2v) is 11.3. The van der Waals surface area contributed by atoms with Gasteiger partial charge in [0.25, 0.3) is 0 Å². The molecular weight excluding hydrogens is 398 g/mol. The second-order valence-electron chi connectivity index (χ2n) is 9.35. The van der Waals surface area contributed by atoms with E-state index in [1.807, 2.05) is 12.1 Å².